The number of nitrogen functional groups attached to an aromatic ring is 1. The third-order valence-electron chi connectivity index (χ3n) is 2.75. The van der Waals surface area contributed by atoms with Crippen molar-refractivity contribution in [3.8, 4) is 5.75 Å². The van der Waals surface area contributed by atoms with Gasteiger partial charge in [-0.1, -0.05) is 0 Å². The first-order chi connectivity index (χ1) is 7.72. The number of ether oxygens (including phenoxy) is 1. The van der Waals surface area contributed by atoms with Crippen molar-refractivity contribution in [2.75, 3.05) is 18.6 Å². The molecule has 1 atom stereocenters. The molecule has 3 nitrogen and oxygen atoms in total. The molecule has 1 fully saturated rings. The number of methoxy groups -OCH3 is 1. The van der Waals surface area contributed by atoms with Crippen molar-refractivity contribution in [3.05, 3.63) is 23.8 Å². The van der Waals surface area contributed by atoms with Gasteiger partial charge in [-0.2, -0.15) is 11.8 Å². The van der Waals surface area contributed by atoms with Crippen molar-refractivity contribution in [1.82, 2.24) is 0 Å². The highest BCUT2D eigenvalue weighted by molar-refractivity contribution is 8.00. The van der Waals surface area contributed by atoms with Crippen LogP contribution in [0.1, 0.15) is 23.2 Å². The van der Waals surface area contributed by atoms with Gasteiger partial charge in [0.15, 0.2) is 5.78 Å². The third kappa shape index (κ3) is 2.16. The number of rotatable bonds is 3. The van der Waals surface area contributed by atoms with Gasteiger partial charge in [0.05, 0.1) is 12.4 Å². The third-order valence-corrected chi connectivity index (χ3v) is 4.12. The van der Waals surface area contributed by atoms with Crippen LogP contribution in [0.2, 0.25) is 0 Å². The standard InChI is InChI=1S/C12H15NO2S/c1-15-8-4-5-9(10(13)7-8)12(14)11-3-2-6-16-11/h4-5,7,11H,2-3,6,13H2,1H3. The number of thioether (sulfide) groups is 1. The summed E-state index contributed by atoms with van der Waals surface area (Å²) in [5.74, 6) is 1.92. The van der Waals surface area contributed by atoms with E-state index in [2.05, 4.69) is 0 Å². The van der Waals surface area contributed by atoms with E-state index in [1.807, 2.05) is 0 Å². The average molecular weight is 237 g/mol. The van der Waals surface area contributed by atoms with Gasteiger partial charge < -0.3 is 10.5 Å². The molecule has 0 spiro atoms. The summed E-state index contributed by atoms with van der Waals surface area (Å²) in [6, 6.07) is 5.24. The van der Waals surface area contributed by atoms with Crippen LogP contribution in [0.5, 0.6) is 5.75 Å². The van der Waals surface area contributed by atoms with Crippen molar-refractivity contribution in [3.63, 3.8) is 0 Å². The molecule has 0 amide bonds. The summed E-state index contributed by atoms with van der Waals surface area (Å²) in [4.78, 5) is 12.1. The Morgan fingerprint density at radius 2 is 2.38 bits per heavy atom. The van der Waals surface area contributed by atoms with Crippen molar-refractivity contribution < 1.29 is 9.53 Å². The van der Waals surface area contributed by atoms with E-state index in [1.165, 1.54) is 0 Å². The Balaban J connectivity index is 2.22. The number of hydrogen-bond acceptors (Lipinski definition) is 4. The van der Waals surface area contributed by atoms with E-state index in [0.29, 0.717) is 17.0 Å². The van der Waals surface area contributed by atoms with E-state index < -0.39 is 0 Å². The highest BCUT2D eigenvalue weighted by Crippen LogP contribution is 2.31. The predicted octanol–water partition coefficient (Wildman–Crippen LogP) is 2.36. The fraction of sp³-hybridized carbons (Fsp3) is 0.417. The Morgan fingerprint density at radius 3 is 2.94 bits per heavy atom. The molecular weight excluding hydrogens is 222 g/mol. The van der Waals surface area contributed by atoms with Gasteiger partial charge in [-0.05, 0) is 30.7 Å². The molecule has 1 heterocycles. The number of ketones is 1. The molecule has 1 aromatic carbocycles. The quantitative estimate of drug-likeness (QED) is 0.647. The van der Waals surface area contributed by atoms with E-state index in [-0.39, 0.29) is 11.0 Å². The molecule has 16 heavy (non-hydrogen) atoms. The summed E-state index contributed by atoms with van der Waals surface area (Å²) >= 11 is 1.73. The summed E-state index contributed by atoms with van der Waals surface area (Å²) in [6.07, 6.45) is 2.09. The zero-order valence-corrected chi connectivity index (χ0v) is 10.0. The summed E-state index contributed by atoms with van der Waals surface area (Å²) < 4.78 is 5.06. The van der Waals surface area contributed by atoms with Gasteiger partial charge >= 0.3 is 0 Å². The highest BCUT2D eigenvalue weighted by Gasteiger charge is 2.25. The smallest absolute Gasteiger partial charge is 0.177 e. The lowest BCUT2D eigenvalue weighted by Crippen LogP contribution is -2.15. The molecule has 1 aliphatic heterocycles. The van der Waals surface area contributed by atoms with Gasteiger partial charge in [0, 0.05) is 17.3 Å². The number of benzene rings is 1. The lowest BCUT2D eigenvalue weighted by molar-refractivity contribution is 0.0989. The molecule has 1 aliphatic rings. The number of carbonyl (C=O) groups excluding carboxylic acids is 1. The first-order valence-electron chi connectivity index (χ1n) is 5.31. The summed E-state index contributed by atoms with van der Waals surface area (Å²) in [7, 11) is 1.59. The average Bonchev–Trinajstić information content (AvgIpc) is 2.81. The van der Waals surface area contributed by atoms with Crippen LogP contribution >= 0.6 is 11.8 Å². The molecule has 86 valence electrons. The monoisotopic (exact) mass is 237 g/mol. The highest BCUT2D eigenvalue weighted by atomic mass is 32.2. The number of hydrogen-bond donors (Lipinski definition) is 1. The Labute approximate surface area is 99.4 Å². The molecular formula is C12H15NO2S. The summed E-state index contributed by atoms with van der Waals surface area (Å²) in [5, 5.41) is 0.0932. The van der Waals surface area contributed by atoms with Crippen LogP contribution in [-0.4, -0.2) is 23.9 Å². The van der Waals surface area contributed by atoms with Crippen molar-refractivity contribution >= 4 is 23.2 Å². The Morgan fingerprint density at radius 1 is 1.56 bits per heavy atom. The first kappa shape index (κ1) is 11.3. The minimum Gasteiger partial charge on any atom is -0.497 e. The second kappa shape index (κ2) is 4.78. The molecule has 2 N–H and O–H groups in total. The van der Waals surface area contributed by atoms with E-state index in [4.69, 9.17) is 10.5 Å². The molecule has 2 rings (SSSR count). The lowest BCUT2D eigenvalue weighted by Gasteiger charge is -2.10. The molecule has 4 heteroatoms. The van der Waals surface area contributed by atoms with Crippen LogP contribution in [-0.2, 0) is 0 Å². The largest absolute Gasteiger partial charge is 0.497 e. The van der Waals surface area contributed by atoms with Gasteiger partial charge in [-0.15, -0.1) is 0 Å². The molecule has 1 saturated heterocycles. The van der Waals surface area contributed by atoms with E-state index in [1.54, 1.807) is 37.1 Å². The minimum atomic E-state index is 0.0932. The van der Waals surface area contributed by atoms with Crippen LogP contribution in [0.25, 0.3) is 0 Å². The van der Waals surface area contributed by atoms with E-state index >= 15 is 0 Å². The fourth-order valence-corrected chi connectivity index (χ4v) is 3.08. The fourth-order valence-electron chi connectivity index (χ4n) is 1.85. The van der Waals surface area contributed by atoms with Crippen LogP contribution < -0.4 is 10.5 Å². The molecule has 1 aromatic rings. The Hall–Kier alpha value is -1.16. The molecule has 0 saturated carbocycles. The Bertz CT molecular complexity index is 400. The van der Waals surface area contributed by atoms with Gasteiger partial charge in [0.25, 0.3) is 0 Å². The zero-order valence-electron chi connectivity index (χ0n) is 9.23. The molecule has 0 aromatic heterocycles. The van der Waals surface area contributed by atoms with E-state index in [9.17, 15) is 4.79 Å². The number of anilines is 1. The zero-order chi connectivity index (χ0) is 11.5. The van der Waals surface area contributed by atoms with Crippen LogP contribution in [0.15, 0.2) is 18.2 Å². The van der Waals surface area contributed by atoms with Gasteiger partial charge in [-0.3, -0.25) is 4.79 Å². The van der Waals surface area contributed by atoms with Crippen LogP contribution in [0, 0.1) is 0 Å². The number of carbonyl (C=O) groups is 1. The second-order valence-corrected chi connectivity index (χ2v) is 5.13. The SMILES string of the molecule is COc1ccc(C(=O)C2CCCS2)c(N)c1. The molecule has 0 aliphatic carbocycles. The van der Waals surface area contributed by atoms with Crippen LogP contribution in [0.4, 0.5) is 5.69 Å². The van der Waals surface area contributed by atoms with E-state index in [0.717, 1.165) is 18.6 Å². The molecule has 0 radical (unpaired) electrons. The maximum atomic E-state index is 12.1. The van der Waals surface area contributed by atoms with Crippen molar-refractivity contribution in [2.45, 2.75) is 18.1 Å². The predicted molar refractivity (Wildman–Crippen MR) is 67.2 cm³/mol. The van der Waals surface area contributed by atoms with Gasteiger partial charge in [-0.25, -0.2) is 0 Å². The number of Topliss-reactive ketones (excluding diaryl/α,β-unsaturated/α-hetero) is 1. The topological polar surface area (TPSA) is 52.3 Å². The minimum absolute atomic E-state index is 0.0932. The van der Waals surface area contributed by atoms with Crippen LogP contribution in [0.3, 0.4) is 0 Å². The van der Waals surface area contributed by atoms with Gasteiger partial charge in [0.2, 0.25) is 0 Å². The first-order valence-corrected chi connectivity index (χ1v) is 6.36. The summed E-state index contributed by atoms with van der Waals surface area (Å²) in [5.41, 5.74) is 6.99. The molecule has 0 bridgehead atoms. The second-order valence-electron chi connectivity index (χ2n) is 3.82. The lowest BCUT2D eigenvalue weighted by atomic mass is 10.0. The Kier molecular flexibility index (Phi) is 3.39. The number of nitrogens with two attached hydrogens (primary N) is 1. The maximum absolute atomic E-state index is 12.1. The normalized spacial score (nSPS) is 19.7. The maximum Gasteiger partial charge on any atom is 0.177 e. The summed E-state index contributed by atoms with van der Waals surface area (Å²) in [6.45, 7) is 0. The van der Waals surface area contributed by atoms with Gasteiger partial charge in [0.1, 0.15) is 5.75 Å². The van der Waals surface area contributed by atoms with Crippen molar-refractivity contribution in [1.29, 1.82) is 0 Å². The molecule has 1 unspecified atom stereocenters. The van der Waals surface area contributed by atoms with Crippen molar-refractivity contribution in [2.24, 2.45) is 0 Å².